The quantitative estimate of drug-likeness (QED) is 0.451. The Bertz CT molecular complexity index is 961. The van der Waals surface area contributed by atoms with E-state index < -0.39 is 11.9 Å². The van der Waals surface area contributed by atoms with Crippen molar-refractivity contribution in [2.45, 2.75) is 6.92 Å². The second-order valence-electron chi connectivity index (χ2n) is 5.63. The van der Waals surface area contributed by atoms with Crippen LogP contribution in [0.4, 0.5) is 11.4 Å². The molecule has 0 saturated carbocycles. The molecular weight excluding hydrogens is 362 g/mol. The first-order valence-corrected chi connectivity index (χ1v) is 8.45. The lowest BCUT2D eigenvalue weighted by molar-refractivity contribution is -0.112. The summed E-state index contributed by atoms with van der Waals surface area (Å²) in [5.41, 5.74) is 1.35. The molecule has 8 nitrogen and oxygen atoms in total. The van der Waals surface area contributed by atoms with Crippen molar-refractivity contribution in [2.24, 2.45) is 0 Å². The summed E-state index contributed by atoms with van der Waals surface area (Å²) in [5.74, 6) is 0.202. The summed E-state index contributed by atoms with van der Waals surface area (Å²) in [6.07, 6.45) is 1.31. The number of ether oxygens (including phenoxy) is 3. The third kappa shape index (κ3) is 4.40. The Balaban J connectivity index is 1.64. The van der Waals surface area contributed by atoms with Gasteiger partial charge < -0.3 is 24.8 Å². The number of rotatable bonds is 6. The Labute approximate surface area is 161 Å². The lowest BCUT2D eigenvalue weighted by Gasteiger charge is -2.07. The maximum atomic E-state index is 12.3. The molecule has 0 bridgehead atoms. The van der Waals surface area contributed by atoms with Crippen LogP contribution >= 0.6 is 0 Å². The summed E-state index contributed by atoms with van der Waals surface area (Å²) in [5, 5.41) is 14.7. The molecular formula is C20H17N3O5. The van der Waals surface area contributed by atoms with Gasteiger partial charge in [0.25, 0.3) is 5.91 Å². The molecule has 0 aliphatic carbocycles. The molecule has 2 N–H and O–H groups in total. The van der Waals surface area contributed by atoms with Crippen LogP contribution in [-0.4, -0.2) is 25.3 Å². The van der Waals surface area contributed by atoms with E-state index in [1.807, 2.05) is 6.07 Å². The van der Waals surface area contributed by atoms with E-state index in [1.54, 1.807) is 37.3 Å². The highest BCUT2D eigenvalue weighted by atomic mass is 16.7. The van der Waals surface area contributed by atoms with Crippen molar-refractivity contribution in [3.8, 4) is 17.6 Å². The number of benzene rings is 2. The Kier molecular flexibility index (Phi) is 5.77. The Morgan fingerprint density at radius 2 is 1.86 bits per heavy atom. The van der Waals surface area contributed by atoms with Crippen LogP contribution in [0.5, 0.6) is 11.5 Å². The first-order chi connectivity index (χ1) is 13.6. The van der Waals surface area contributed by atoms with E-state index in [1.165, 1.54) is 18.3 Å². The minimum atomic E-state index is -0.584. The SMILES string of the molecule is CCOC(=O)c1ccc(NC(=O)/C(C#N)=C\Nc2ccc3c(c2)OCO3)cc1. The van der Waals surface area contributed by atoms with Crippen LogP contribution in [0.1, 0.15) is 17.3 Å². The molecule has 0 aromatic heterocycles. The zero-order valence-electron chi connectivity index (χ0n) is 15.0. The van der Waals surface area contributed by atoms with Crippen LogP contribution in [0, 0.1) is 11.3 Å². The van der Waals surface area contributed by atoms with Gasteiger partial charge in [0.1, 0.15) is 11.6 Å². The van der Waals surface area contributed by atoms with E-state index in [0.717, 1.165) is 0 Å². The molecule has 0 spiro atoms. The van der Waals surface area contributed by atoms with Crippen LogP contribution in [0.15, 0.2) is 54.2 Å². The van der Waals surface area contributed by atoms with E-state index in [4.69, 9.17) is 14.2 Å². The molecule has 28 heavy (non-hydrogen) atoms. The smallest absolute Gasteiger partial charge is 0.338 e. The summed E-state index contributed by atoms with van der Waals surface area (Å²) in [6, 6.07) is 13.2. The number of nitrogens with one attached hydrogen (secondary N) is 2. The van der Waals surface area contributed by atoms with Crippen molar-refractivity contribution in [1.29, 1.82) is 5.26 Å². The number of nitriles is 1. The number of anilines is 2. The van der Waals surface area contributed by atoms with E-state index in [2.05, 4.69) is 10.6 Å². The van der Waals surface area contributed by atoms with Crippen LogP contribution in [0.3, 0.4) is 0 Å². The molecule has 0 fully saturated rings. The highest BCUT2D eigenvalue weighted by Crippen LogP contribution is 2.34. The average molecular weight is 379 g/mol. The predicted molar refractivity (Wildman–Crippen MR) is 101 cm³/mol. The molecule has 1 amide bonds. The number of carbonyl (C=O) groups is 2. The Morgan fingerprint density at radius 3 is 2.57 bits per heavy atom. The molecule has 1 aliphatic rings. The highest BCUT2D eigenvalue weighted by molar-refractivity contribution is 6.06. The third-order valence-corrected chi connectivity index (χ3v) is 3.77. The van der Waals surface area contributed by atoms with Crippen LogP contribution in [0.2, 0.25) is 0 Å². The van der Waals surface area contributed by atoms with Gasteiger partial charge in [0.2, 0.25) is 6.79 Å². The fourth-order valence-electron chi connectivity index (χ4n) is 2.39. The van der Waals surface area contributed by atoms with Gasteiger partial charge in [-0.25, -0.2) is 4.79 Å². The molecule has 0 saturated heterocycles. The zero-order valence-corrected chi connectivity index (χ0v) is 15.0. The summed E-state index contributed by atoms with van der Waals surface area (Å²) in [4.78, 5) is 23.9. The molecule has 8 heteroatoms. The fraction of sp³-hybridized carbons (Fsp3) is 0.150. The van der Waals surface area contributed by atoms with Crippen LogP contribution in [-0.2, 0) is 9.53 Å². The van der Waals surface area contributed by atoms with Crippen molar-refractivity contribution < 1.29 is 23.8 Å². The molecule has 1 heterocycles. The van der Waals surface area contributed by atoms with Gasteiger partial charge in [0.15, 0.2) is 11.5 Å². The van der Waals surface area contributed by atoms with E-state index in [9.17, 15) is 14.9 Å². The second-order valence-corrected chi connectivity index (χ2v) is 5.63. The largest absolute Gasteiger partial charge is 0.462 e. The monoisotopic (exact) mass is 379 g/mol. The Hall–Kier alpha value is -3.99. The first kappa shape index (κ1) is 18.8. The van der Waals surface area contributed by atoms with Gasteiger partial charge in [-0.2, -0.15) is 5.26 Å². The molecule has 1 aliphatic heterocycles. The number of carbonyl (C=O) groups excluding carboxylic acids is 2. The summed E-state index contributed by atoms with van der Waals surface area (Å²) < 4.78 is 15.4. The van der Waals surface area contributed by atoms with Crippen molar-refractivity contribution in [3.63, 3.8) is 0 Å². The first-order valence-electron chi connectivity index (χ1n) is 8.45. The fourth-order valence-corrected chi connectivity index (χ4v) is 2.39. The van der Waals surface area contributed by atoms with Gasteiger partial charge in [-0.05, 0) is 43.3 Å². The van der Waals surface area contributed by atoms with E-state index >= 15 is 0 Å². The van der Waals surface area contributed by atoms with Crippen molar-refractivity contribution in [2.75, 3.05) is 24.0 Å². The van der Waals surface area contributed by atoms with E-state index in [0.29, 0.717) is 28.4 Å². The molecule has 0 atom stereocenters. The summed E-state index contributed by atoms with van der Waals surface area (Å²) in [7, 11) is 0. The minimum Gasteiger partial charge on any atom is -0.462 e. The third-order valence-electron chi connectivity index (χ3n) is 3.77. The van der Waals surface area contributed by atoms with Gasteiger partial charge in [0, 0.05) is 23.6 Å². The molecule has 142 valence electrons. The van der Waals surface area contributed by atoms with Gasteiger partial charge in [0.05, 0.1) is 12.2 Å². The summed E-state index contributed by atoms with van der Waals surface area (Å²) >= 11 is 0. The molecule has 2 aromatic rings. The van der Waals surface area contributed by atoms with Crippen LogP contribution < -0.4 is 20.1 Å². The van der Waals surface area contributed by atoms with Gasteiger partial charge >= 0.3 is 5.97 Å². The topological polar surface area (TPSA) is 110 Å². The minimum absolute atomic E-state index is 0.118. The van der Waals surface area contributed by atoms with Crippen molar-refractivity contribution in [1.82, 2.24) is 0 Å². The lowest BCUT2D eigenvalue weighted by atomic mass is 10.2. The maximum absolute atomic E-state index is 12.3. The number of hydrogen-bond acceptors (Lipinski definition) is 7. The number of fused-ring (bicyclic) bond motifs is 1. The Morgan fingerprint density at radius 1 is 1.14 bits per heavy atom. The number of hydrogen-bond donors (Lipinski definition) is 2. The highest BCUT2D eigenvalue weighted by Gasteiger charge is 2.14. The predicted octanol–water partition coefficient (Wildman–Crippen LogP) is 3.05. The van der Waals surface area contributed by atoms with E-state index in [-0.39, 0.29) is 19.0 Å². The standard InChI is InChI=1S/C20H17N3O5/c1-2-26-20(25)13-3-5-15(6-4-13)23-19(24)14(10-21)11-22-16-7-8-17-18(9-16)28-12-27-17/h3-9,11,22H,2,12H2,1H3,(H,23,24)/b14-11-. The normalized spacial score (nSPS) is 12.1. The second kappa shape index (κ2) is 8.60. The molecule has 3 rings (SSSR count). The number of amides is 1. The van der Waals surface area contributed by atoms with Gasteiger partial charge in [-0.15, -0.1) is 0 Å². The maximum Gasteiger partial charge on any atom is 0.338 e. The van der Waals surface area contributed by atoms with Crippen molar-refractivity contribution in [3.05, 3.63) is 59.8 Å². The summed E-state index contributed by atoms with van der Waals surface area (Å²) in [6.45, 7) is 2.17. The van der Waals surface area contributed by atoms with Gasteiger partial charge in [-0.1, -0.05) is 0 Å². The van der Waals surface area contributed by atoms with Gasteiger partial charge in [-0.3, -0.25) is 4.79 Å². The molecule has 2 aromatic carbocycles. The molecule has 0 radical (unpaired) electrons. The number of nitrogens with zero attached hydrogens (tertiary/aromatic N) is 1. The molecule has 0 unspecified atom stereocenters. The number of esters is 1. The average Bonchev–Trinajstić information content (AvgIpc) is 3.17. The van der Waals surface area contributed by atoms with Crippen molar-refractivity contribution >= 4 is 23.3 Å². The zero-order chi connectivity index (χ0) is 19.9. The lowest BCUT2D eigenvalue weighted by Crippen LogP contribution is -2.14. The van der Waals surface area contributed by atoms with Crippen LogP contribution in [0.25, 0.3) is 0 Å².